The first-order chi connectivity index (χ1) is 32.2. The second kappa shape index (κ2) is 43.6. The highest BCUT2D eigenvalue weighted by Gasteiger charge is 2.47. The van der Waals surface area contributed by atoms with Gasteiger partial charge in [-0.05, 0) is 77.0 Å². The van der Waals surface area contributed by atoms with E-state index in [9.17, 15) is 35.1 Å². The summed E-state index contributed by atoms with van der Waals surface area (Å²) in [4.78, 5) is 26.3. The number of nitrogens with one attached hydrogen (secondary N) is 1. The molecule has 66 heavy (non-hydrogen) atoms. The summed E-state index contributed by atoms with van der Waals surface area (Å²) in [6, 6.07) is -1.04. The summed E-state index contributed by atoms with van der Waals surface area (Å²) >= 11 is 0. The SMILES string of the molecule is CC/C=C/C/C=C/C/C=C/CCCCCC(O)C(=O)NC(COC1OC(CO)C(O)C(O)C1OC(=O)CCCCCCC/C=C\CCCC)C(O)/C=C/CCCCCCCCCCCCC. The van der Waals surface area contributed by atoms with Crippen molar-refractivity contribution in [2.45, 2.75) is 262 Å². The molecule has 1 rings (SSSR count). The minimum absolute atomic E-state index is 0.108. The van der Waals surface area contributed by atoms with Gasteiger partial charge in [0, 0.05) is 6.42 Å². The predicted octanol–water partition coefficient (Wildman–Crippen LogP) is 11.1. The first-order valence-electron chi connectivity index (χ1n) is 26.6. The van der Waals surface area contributed by atoms with Crippen molar-refractivity contribution in [3.8, 4) is 0 Å². The number of ether oxygens (including phenoxy) is 3. The van der Waals surface area contributed by atoms with Gasteiger partial charge >= 0.3 is 5.97 Å². The molecule has 0 radical (unpaired) electrons. The molecule has 1 saturated heterocycles. The zero-order valence-corrected chi connectivity index (χ0v) is 41.8. The van der Waals surface area contributed by atoms with Crippen LogP contribution in [-0.2, 0) is 23.8 Å². The molecule has 11 heteroatoms. The van der Waals surface area contributed by atoms with Gasteiger partial charge < -0.3 is 45.1 Å². The summed E-state index contributed by atoms with van der Waals surface area (Å²) in [6.07, 6.45) is 41.3. The van der Waals surface area contributed by atoms with E-state index in [1.807, 2.05) is 6.08 Å². The molecule has 11 nitrogen and oxygen atoms in total. The Labute approximate surface area is 401 Å². The maximum atomic E-state index is 13.3. The van der Waals surface area contributed by atoms with Crippen LogP contribution in [0.25, 0.3) is 0 Å². The first kappa shape index (κ1) is 61.4. The van der Waals surface area contributed by atoms with Crippen LogP contribution in [0.15, 0.2) is 60.8 Å². The van der Waals surface area contributed by atoms with Crippen molar-refractivity contribution in [2.24, 2.45) is 0 Å². The van der Waals surface area contributed by atoms with E-state index in [-0.39, 0.29) is 19.4 Å². The molecule has 8 atom stereocenters. The number of esters is 1. The summed E-state index contributed by atoms with van der Waals surface area (Å²) in [5.74, 6) is -1.23. The lowest BCUT2D eigenvalue weighted by atomic mass is 9.99. The van der Waals surface area contributed by atoms with Crippen LogP contribution in [0.2, 0.25) is 0 Å². The molecular formula is C55H97NO10. The number of aliphatic hydroxyl groups is 5. The average molecular weight is 932 g/mol. The van der Waals surface area contributed by atoms with Crippen molar-refractivity contribution >= 4 is 11.9 Å². The van der Waals surface area contributed by atoms with Crippen LogP contribution in [-0.4, -0.2) is 99.6 Å². The second-order valence-corrected chi connectivity index (χ2v) is 18.2. The second-order valence-electron chi connectivity index (χ2n) is 18.2. The summed E-state index contributed by atoms with van der Waals surface area (Å²) in [5.41, 5.74) is 0. The molecular weight excluding hydrogens is 835 g/mol. The van der Waals surface area contributed by atoms with Crippen molar-refractivity contribution in [2.75, 3.05) is 13.2 Å². The van der Waals surface area contributed by atoms with E-state index < -0.39 is 67.4 Å². The maximum Gasteiger partial charge on any atom is 0.306 e. The van der Waals surface area contributed by atoms with Crippen molar-refractivity contribution in [1.29, 1.82) is 0 Å². The molecule has 6 N–H and O–H groups in total. The summed E-state index contributed by atoms with van der Waals surface area (Å²) < 4.78 is 17.5. The third-order valence-electron chi connectivity index (χ3n) is 12.2. The minimum Gasteiger partial charge on any atom is -0.454 e. The third-order valence-corrected chi connectivity index (χ3v) is 12.2. The Bertz CT molecular complexity index is 1300. The molecule has 1 aliphatic heterocycles. The van der Waals surface area contributed by atoms with Gasteiger partial charge in [-0.3, -0.25) is 9.59 Å². The van der Waals surface area contributed by atoms with E-state index in [4.69, 9.17) is 14.2 Å². The lowest BCUT2D eigenvalue weighted by molar-refractivity contribution is -0.305. The molecule has 0 saturated carbocycles. The Balaban J connectivity index is 2.81. The van der Waals surface area contributed by atoms with Crippen LogP contribution in [0.4, 0.5) is 0 Å². The molecule has 0 aromatic carbocycles. The predicted molar refractivity (Wildman–Crippen MR) is 269 cm³/mol. The molecule has 8 unspecified atom stereocenters. The fourth-order valence-corrected chi connectivity index (χ4v) is 7.88. The summed E-state index contributed by atoms with van der Waals surface area (Å²) in [5, 5.41) is 56.6. The molecule has 0 bridgehead atoms. The Morgan fingerprint density at radius 1 is 0.606 bits per heavy atom. The minimum atomic E-state index is -1.62. The molecule has 0 aliphatic carbocycles. The topological polar surface area (TPSA) is 175 Å². The van der Waals surface area contributed by atoms with E-state index >= 15 is 0 Å². The number of carbonyl (C=O) groups is 2. The molecule has 1 amide bonds. The van der Waals surface area contributed by atoms with Crippen molar-refractivity contribution in [1.82, 2.24) is 5.32 Å². The number of unbranched alkanes of at least 4 members (excludes halogenated alkanes) is 21. The van der Waals surface area contributed by atoms with E-state index in [0.29, 0.717) is 12.8 Å². The highest BCUT2D eigenvalue weighted by atomic mass is 16.7. The van der Waals surface area contributed by atoms with Crippen molar-refractivity contribution in [3.63, 3.8) is 0 Å². The van der Waals surface area contributed by atoms with Crippen LogP contribution >= 0.6 is 0 Å². The largest absolute Gasteiger partial charge is 0.454 e. The third kappa shape index (κ3) is 32.2. The monoisotopic (exact) mass is 932 g/mol. The van der Waals surface area contributed by atoms with Gasteiger partial charge in [-0.1, -0.05) is 191 Å². The number of carbonyl (C=O) groups excluding carboxylic acids is 2. The molecule has 1 aliphatic rings. The fourth-order valence-electron chi connectivity index (χ4n) is 7.88. The molecule has 0 spiro atoms. The van der Waals surface area contributed by atoms with E-state index in [2.05, 4.69) is 74.7 Å². The van der Waals surface area contributed by atoms with Gasteiger partial charge in [0.1, 0.15) is 24.4 Å². The first-order valence-corrected chi connectivity index (χ1v) is 26.6. The van der Waals surface area contributed by atoms with Gasteiger partial charge in [0.25, 0.3) is 0 Å². The van der Waals surface area contributed by atoms with Gasteiger partial charge in [0.05, 0.1) is 25.4 Å². The van der Waals surface area contributed by atoms with Crippen molar-refractivity contribution in [3.05, 3.63) is 60.8 Å². The standard InChI is InChI=1S/C55H97NO10/c1-4-7-10-13-16-19-22-24-27-29-32-35-38-41-47(58)46(56-54(63)48(59)42-39-36-33-30-28-25-23-20-17-14-11-8-5-2)45-64-55-53(52(62)51(61)49(44-57)65-55)66-50(60)43-40-37-34-31-26-21-18-15-12-9-6-3/h8,11,15,17-18,20,25,28,38,41,46-49,51-53,55,57-59,61-62H,4-7,9-10,12-14,16,19,21-24,26-27,29-37,39-40,42-45H2,1-3H3,(H,56,63)/b11-8+,18-15-,20-17+,28-25+,41-38+. The quantitative estimate of drug-likeness (QED) is 0.0196. The maximum absolute atomic E-state index is 13.3. The van der Waals surface area contributed by atoms with E-state index in [0.717, 1.165) is 96.3 Å². The highest BCUT2D eigenvalue weighted by Crippen LogP contribution is 2.26. The fraction of sp³-hybridized carbons (Fsp3) is 0.782. The van der Waals surface area contributed by atoms with Gasteiger partial charge in [-0.15, -0.1) is 0 Å². The zero-order valence-electron chi connectivity index (χ0n) is 41.8. The van der Waals surface area contributed by atoms with Gasteiger partial charge in [0.15, 0.2) is 12.4 Å². The number of hydrogen-bond donors (Lipinski definition) is 6. The lowest BCUT2D eigenvalue weighted by Crippen LogP contribution is -2.61. The lowest BCUT2D eigenvalue weighted by Gasteiger charge is -2.41. The summed E-state index contributed by atoms with van der Waals surface area (Å²) in [6.45, 7) is 5.58. The Morgan fingerprint density at radius 2 is 1.11 bits per heavy atom. The zero-order chi connectivity index (χ0) is 48.3. The number of allylic oxidation sites excluding steroid dienone is 9. The number of rotatable bonds is 43. The van der Waals surface area contributed by atoms with Crippen LogP contribution in [0.1, 0.15) is 213 Å². The smallest absolute Gasteiger partial charge is 0.306 e. The Hall–Kier alpha value is -2.64. The molecule has 0 aromatic heterocycles. The molecule has 1 fully saturated rings. The van der Waals surface area contributed by atoms with Crippen LogP contribution in [0.5, 0.6) is 0 Å². The van der Waals surface area contributed by atoms with Crippen LogP contribution in [0.3, 0.4) is 0 Å². The average Bonchev–Trinajstić information content (AvgIpc) is 3.31. The molecule has 1 heterocycles. The molecule has 382 valence electrons. The van der Waals surface area contributed by atoms with E-state index in [1.165, 1.54) is 70.6 Å². The van der Waals surface area contributed by atoms with Gasteiger partial charge in [0.2, 0.25) is 5.91 Å². The number of aliphatic hydroxyl groups excluding tert-OH is 5. The van der Waals surface area contributed by atoms with Crippen LogP contribution in [0, 0.1) is 0 Å². The Kier molecular flexibility index (Phi) is 40.6. The Morgan fingerprint density at radius 3 is 1.70 bits per heavy atom. The van der Waals surface area contributed by atoms with Crippen LogP contribution < -0.4 is 5.32 Å². The van der Waals surface area contributed by atoms with E-state index in [1.54, 1.807) is 6.08 Å². The van der Waals surface area contributed by atoms with Gasteiger partial charge in [-0.25, -0.2) is 0 Å². The van der Waals surface area contributed by atoms with Crippen molar-refractivity contribution < 1.29 is 49.3 Å². The number of hydrogen-bond acceptors (Lipinski definition) is 10. The highest BCUT2D eigenvalue weighted by molar-refractivity contribution is 5.80. The number of amides is 1. The molecule has 0 aromatic rings. The van der Waals surface area contributed by atoms with Gasteiger partial charge in [-0.2, -0.15) is 0 Å². The summed E-state index contributed by atoms with van der Waals surface area (Å²) in [7, 11) is 0. The normalized spacial score (nSPS) is 20.6.